The van der Waals surface area contributed by atoms with Gasteiger partial charge in [-0.05, 0) is 43.9 Å². The number of hydrogen-bond acceptors (Lipinski definition) is 2. The topological polar surface area (TPSA) is 40.6 Å². The van der Waals surface area contributed by atoms with Crippen molar-refractivity contribution in [3.63, 3.8) is 0 Å². The van der Waals surface area contributed by atoms with Crippen LogP contribution in [0.2, 0.25) is 0 Å². The van der Waals surface area contributed by atoms with Crippen LogP contribution in [0.25, 0.3) is 0 Å². The van der Waals surface area contributed by atoms with E-state index >= 15 is 0 Å². The SMILES string of the molecule is CC(C)CCN(C1CC1)S(=O)(=O)N1CCCC(CCl)C1. The van der Waals surface area contributed by atoms with Gasteiger partial charge in [0.15, 0.2) is 0 Å². The minimum atomic E-state index is -3.29. The number of hydrogen-bond donors (Lipinski definition) is 0. The Hall–Kier alpha value is 0.160. The number of halogens is 1. The molecule has 2 rings (SSSR count). The highest BCUT2D eigenvalue weighted by molar-refractivity contribution is 7.86. The number of alkyl halides is 1. The predicted octanol–water partition coefficient (Wildman–Crippen LogP) is 2.69. The highest BCUT2D eigenvalue weighted by Gasteiger charge is 2.41. The Bertz CT molecular complexity index is 409. The van der Waals surface area contributed by atoms with Crippen LogP contribution in [0.15, 0.2) is 0 Å². The molecule has 0 N–H and O–H groups in total. The Morgan fingerprint density at radius 1 is 1.30 bits per heavy atom. The standard InChI is InChI=1S/C14H27ClN2O2S/c1-12(2)7-9-17(14-5-6-14)20(18,19)16-8-3-4-13(10-15)11-16/h12-14H,3-11H2,1-2H3. The Morgan fingerprint density at radius 2 is 2.00 bits per heavy atom. The van der Waals surface area contributed by atoms with Crippen LogP contribution in [-0.2, 0) is 10.2 Å². The summed E-state index contributed by atoms with van der Waals surface area (Å²) in [4.78, 5) is 0. The summed E-state index contributed by atoms with van der Waals surface area (Å²) in [7, 11) is -3.29. The van der Waals surface area contributed by atoms with Crippen LogP contribution < -0.4 is 0 Å². The lowest BCUT2D eigenvalue weighted by molar-refractivity contribution is 0.254. The Kier molecular flexibility index (Phi) is 5.74. The van der Waals surface area contributed by atoms with Gasteiger partial charge in [-0.3, -0.25) is 0 Å². The zero-order chi connectivity index (χ0) is 14.8. The summed E-state index contributed by atoms with van der Waals surface area (Å²) in [5.41, 5.74) is 0. The zero-order valence-electron chi connectivity index (χ0n) is 12.6. The van der Waals surface area contributed by atoms with Crippen LogP contribution in [0.3, 0.4) is 0 Å². The molecule has 1 heterocycles. The first-order valence-corrected chi connectivity index (χ1v) is 9.71. The fourth-order valence-corrected chi connectivity index (χ4v) is 4.98. The van der Waals surface area contributed by atoms with Crippen LogP contribution in [0, 0.1) is 11.8 Å². The fourth-order valence-electron chi connectivity index (χ4n) is 2.74. The van der Waals surface area contributed by atoms with E-state index in [0.29, 0.717) is 37.4 Å². The Morgan fingerprint density at radius 3 is 2.55 bits per heavy atom. The minimum Gasteiger partial charge on any atom is -0.195 e. The van der Waals surface area contributed by atoms with Crippen LogP contribution in [0.4, 0.5) is 0 Å². The first kappa shape index (κ1) is 16.5. The first-order chi connectivity index (χ1) is 9.45. The summed E-state index contributed by atoms with van der Waals surface area (Å²) in [6.07, 6.45) is 4.95. The average Bonchev–Trinajstić information content (AvgIpc) is 3.23. The normalized spacial score (nSPS) is 25.6. The van der Waals surface area contributed by atoms with Gasteiger partial charge in [0.25, 0.3) is 10.2 Å². The van der Waals surface area contributed by atoms with Gasteiger partial charge in [0.05, 0.1) is 0 Å². The predicted molar refractivity (Wildman–Crippen MR) is 83.1 cm³/mol. The van der Waals surface area contributed by atoms with E-state index in [4.69, 9.17) is 11.6 Å². The summed E-state index contributed by atoms with van der Waals surface area (Å²) in [5.74, 6) is 1.40. The second kappa shape index (κ2) is 6.95. The van der Waals surface area contributed by atoms with Crippen molar-refractivity contribution in [2.75, 3.05) is 25.5 Å². The van der Waals surface area contributed by atoms with Crippen molar-refractivity contribution in [2.45, 2.75) is 52.0 Å². The van der Waals surface area contributed by atoms with Gasteiger partial charge in [0.1, 0.15) is 0 Å². The van der Waals surface area contributed by atoms with Crippen molar-refractivity contribution in [3.05, 3.63) is 0 Å². The molecule has 0 aromatic rings. The zero-order valence-corrected chi connectivity index (χ0v) is 14.2. The smallest absolute Gasteiger partial charge is 0.195 e. The molecule has 1 saturated heterocycles. The highest BCUT2D eigenvalue weighted by atomic mass is 35.5. The van der Waals surface area contributed by atoms with Gasteiger partial charge in [0.2, 0.25) is 0 Å². The number of nitrogens with zero attached hydrogens (tertiary/aromatic N) is 2. The van der Waals surface area contributed by atoms with E-state index < -0.39 is 10.2 Å². The minimum absolute atomic E-state index is 0.245. The Balaban J connectivity index is 2.05. The molecule has 0 bridgehead atoms. The number of rotatable bonds is 7. The van der Waals surface area contributed by atoms with E-state index in [0.717, 1.165) is 32.1 Å². The second-order valence-electron chi connectivity index (χ2n) is 6.55. The largest absolute Gasteiger partial charge is 0.282 e. The molecule has 1 unspecified atom stereocenters. The molecule has 0 spiro atoms. The lowest BCUT2D eigenvalue weighted by Crippen LogP contribution is -2.49. The van der Waals surface area contributed by atoms with Crippen LogP contribution in [0.5, 0.6) is 0 Å². The van der Waals surface area contributed by atoms with Gasteiger partial charge >= 0.3 is 0 Å². The molecule has 1 aliphatic heterocycles. The van der Waals surface area contributed by atoms with Gasteiger partial charge < -0.3 is 0 Å². The van der Waals surface area contributed by atoms with Gasteiger partial charge in [0, 0.05) is 31.6 Å². The van der Waals surface area contributed by atoms with Gasteiger partial charge in [-0.25, -0.2) is 0 Å². The molecule has 2 fully saturated rings. The lowest BCUT2D eigenvalue weighted by Gasteiger charge is -2.35. The number of piperidine rings is 1. The molecular weight excluding hydrogens is 296 g/mol. The third-order valence-corrected chi connectivity index (χ3v) is 6.70. The van der Waals surface area contributed by atoms with Crippen molar-refractivity contribution >= 4 is 21.8 Å². The maximum atomic E-state index is 12.9. The maximum Gasteiger partial charge on any atom is 0.282 e. The molecule has 1 saturated carbocycles. The first-order valence-electron chi connectivity index (χ1n) is 7.78. The molecule has 118 valence electrons. The molecule has 1 aliphatic carbocycles. The lowest BCUT2D eigenvalue weighted by atomic mass is 10.0. The summed E-state index contributed by atoms with van der Waals surface area (Å²) in [6.45, 7) is 6.19. The third kappa shape index (κ3) is 4.09. The van der Waals surface area contributed by atoms with Crippen LogP contribution >= 0.6 is 11.6 Å². The summed E-state index contributed by atoms with van der Waals surface area (Å²) >= 11 is 5.92. The summed E-state index contributed by atoms with van der Waals surface area (Å²) in [6, 6.07) is 0.245. The Labute approximate surface area is 128 Å². The van der Waals surface area contributed by atoms with E-state index in [1.165, 1.54) is 0 Å². The molecule has 0 radical (unpaired) electrons. The molecule has 0 aromatic carbocycles. The van der Waals surface area contributed by atoms with Crippen molar-refractivity contribution in [3.8, 4) is 0 Å². The molecule has 0 amide bonds. The molecule has 1 atom stereocenters. The highest BCUT2D eigenvalue weighted by Crippen LogP contribution is 2.32. The molecule has 4 nitrogen and oxygen atoms in total. The van der Waals surface area contributed by atoms with Gasteiger partial charge in [-0.15, -0.1) is 11.6 Å². The molecule has 6 heteroatoms. The quantitative estimate of drug-likeness (QED) is 0.676. The van der Waals surface area contributed by atoms with Crippen LogP contribution in [-0.4, -0.2) is 48.6 Å². The van der Waals surface area contributed by atoms with E-state index in [1.54, 1.807) is 8.61 Å². The average molecular weight is 323 g/mol. The third-order valence-electron chi connectivity index (χ3n) is 4.20. The summed E-state index contributed by atoms with van der Waals surface area (Å²) in [5, 5.41) is 0. The molecule has 0 aromatic heterocycles. The summed E-state index contributed by atoms with van der Waals surface area (Å²) < 4.78 is 29.1. The van der Waals surface area contributed by atoms with Gasteiger partial charge in [-0.1, -0.05) is 13.8 Å². The van der Waals surface area contributed by atoms with Gasteiger partial charge in [-0.2, -0.15) is 17.0 Å². The van der Waals surface area contributed by atoms with E-state index in [-0.39, 0.29) is 6.04 Å². The van der Waals surface area contributed by atoms with Crippen molar-refractivity contribution < 1.29 is 8.42 Å². The van der Waals surface area contributed by atoms with E-state index in [1.807, 2.05) is 0 Å². The maximum absolute atomic E-state index is 12.9. The van der Waals surface area contributed by atoms with E-state index in [9.17, 15) is 8.42 Å². The van der Waals surface area contributed by atoms with Crippen molar-refractivity contribution in [1.29, 1.82) is 0 Å². The van der Waals surface area contributed by atoms with E-state index in [2.05, 4.69) is 13.8 Å². The molecule has 20 heavy (non-hydrogen) atoms. The van der Waals surface area contributed by atoms with Crippen LogP contribution in [0.1, 0.15) is 46.0 Å². The fraction of sp³-hybridized carbons (Fsp3) is 1.00. The molecular formula is C14H27ClN2O2S. The molecule has 2 aliphatic rings. The van der Waals surface area contributed by atoms with Crippen molar-refractivity contribution in [1.82, 2.24) is 8.61 Å². The monoisotopic (exact) mass is 322 g/mol. The van der Waals surface area contributed by atoms with Crippen molar-refractivity contribution in [2.24, 2.45) is 11.8 Å². The second-order valence-corrected chi connectivity index (χ2v) is 8.74.